The number of anilines is 2. The molecule has 0 aliphatic heterocycles. The lowest BCUT2D eigenvalue weighted by Gasteiger charge is -2.13. The molecule has 0 aromatic heterocycles. The maximum atomic E-state index is 13.9. The molecule has 0 amide bonds. The summed E-state index contributed by atoms with van der Waals surface area (Å²) in [4.78, 5) is 0. The Morgan fingerprint density at radius 2 is 1.79 bits per heavy atom. The van der Waals surface area contributed by atoms with Crippen LogP contribution in [0.3, 0.4) is 0 Å². The predicted molar refractivity (Wildman–Crippen MR) is 78.8 cm³/mol. The van der Waals surface area contributed by atoms with Crippen LogP contribution in [0.25, 0.3) is 0 Å². The molecule has 2 aromatic rings. The molecule has 0 atom stereocenters. The molecule has 3 N–H and O–H groups in total. The molecule has 0 saturated carbocycles. The van der Waals surface area contributed by atoms with Gasteiger partial charge in [0.1, 0.15) is 5.82 Å². The highest BCUT2D eigenvalue weighted by Crippen LogP contribution is 2.24. The van der Waals surface area contributed by atoms with Gasteiger partial charge in [0.25, 0.3) is 0 Å². The lowest BCUT2D eigenvalue weighted by molar-refractivity contribution is 0.628. The lowest BCUT2D eigenvalue weighted by atomic mass is 10.0. The zero-order valence-corrected chi connectivity index (χ0v) is 11.1. The first-order valence-corrected chi connectivity index (χ1v) is 6.57. The van der Waals surface area contributed by atoms with Gasteiger partial charge in [-0.3, -0.25) is 0 Å². The smallest absolute Gasteiger partial charge is 0.146 e. The van der Waals surface area contributed by atoms with E-state index in [1.165, 1.54) is 6.07 Å². The van der Waals surface area contributed by atoms with Crippen molar-refractivity contribution in [1.82, 2.24) is 0 Å². The minimum atomic E-state index is -0.208. The van der Waals surface area contributed by atoms with Crippen LogP contribution in [0.2, 0.25) is 0 Å². The van der Waals surface area contributed by atoms with Crippen molar-refractivity contribution >= 4 is 11.4 Å². The summed E-state index contributed by atoms with van der Waals surface area (Å²) < 4.78 is 13.9. The number of rotatable bonds is 5. The van der Waals surface area contributed by atoms with Crippen LogP contribution in [0.15, 0.2) is 42.5 Å². The van der Waals surface area contributed by atoms with E-state index in [0.717, 1.165) is 29.8 Å². The van der Waals surface area contributed by atoms with Crippen molar-refractivity contribution in [2.45, 2.75) is 19.8 Å². The fourth-order valence-corrected chi connectivity index (χ4v) is 2.06. The Kier molecular flexibility index (Phi) is 4.39. The number of benzene rings is 2. The lowest BCUT2D eigenvalue weighted by Crippen LogP contribution is -2.06. The summed E-state index contributed by atoms with van der Waals surface area (Å²) in [5.41, 5.74) is 9.23. The van der Waals surface area contributed by atoms with Crippen LogP contribution in [-0.2, 0) is 6.42 Å². The van der Waals surface area contributed by atoms with Crippen LogP contribution in [0.5, 0.6) is 0 Å². The number of hydrogen-bond donors (Lipinski definition) is 2. The molecular formula is C16H19FN2. The molecule has 0 heterocycles. The molecule has 0 aliphatic rings. The highest BCUT2D eigenvalue weighted by molar-refractivity contribution is 5.57. The largest absolute Gasteiger partial charge is 0.398 e. The molecule has 100 valence electrons. The van der Waals surface area contributed by atoms with Crippen LogP contribution in [-0.4, -0.2) is 6.54 Å². The average molecular weight is 258 g/mol. The van der Waals surface area contributed by atoms with E-state index in [2.05, 4.69) is 12.2 Å². The fraction of sp³-hybridized carbons (Fsp3) is 0.250. The molecule has 3 heteroatoms. The first-order chi connectivity index (χ1) is 9.22. The molecule has 2 nitrogen and oxygen atoms in total. The number of hydrogen-bond acceptors (Lipinski definition) is 2. The van der Waals surface area contributed by atoms with E-state index < -0.39 is 0 Å². The van der Waals surface area contributed by atoms with E-state index >= 15 is 0 Å². The van der Waals surface area contributed by atoms with Crippen molar-refractivity contribution in [1.29, 1.82) is 0 Å². The summed E-state index contributed by atoms with van der Waals surface area (Å²) in [6, 6.07) is 12.9. The number of nitrogen functional groups attached to an aromatic ring is 1. The van der Waals surface area contributed by atoms with Crippen molar-refractivity contribution in [3.8, 4) is 0 Å². The zero-order chi connectivity index (χ0) is 13.7. The maximum Gasteiger partial charge on any atom is 0.146 e. The normalized spacial score (nSPS) is 10.4. The van der Waals surface area contributed by atoms with Crippen molar-refractivity contribution in [3.05, 3.63) is 59.4 Å². The Bertz CT molecular complexity index is 552. The van der Waals surface area contributed by atoms with Gasteiger partial charge in [0.2, 0.25) is 0 Å². The highest BCUT2D eigenvalue weighted by Gasteiger charge is 2.09. The molecule has 0 unspecified atom stereocenters. The molecule has 0 fully saturated rings. The standard InChI is InChI=1S/C16H19FN2/c1-2-10-19-16-13(7-5-8-14(16)17)11-12-6-3-4-9-15(12)18/h3-9,19H,2,10-11,18H2,1H3. The molecule has 0 saturated heterocycles. The predicted octanol–water partition coefficient (Wildman–Crippen LogP) is 3.82. The number of nitrogens with one attached hydrogen (secondary N) is 1. The summed E-state index contributed by atoms with van der Waals surface area (Å²) in [5, 5.41) is 3.16. The minimum absolute atomic E-state index is 0.208. The summed E-state index contributed by atoms with van der Waals surface area (Å²) in [6.45, 7) is 2.82. The Hall–Kier alpha value is -2.03. The Labute approximate surface area is 113 Å². The van der Waals surface area contributed by atoms with Crippen LogP contribution < -0.4 is 11.1 Å². The van der Waals surface area contributed by atoms with Crippen molar-refractivity contribution < 1.29 is 4.39 Å². The number of halogens is 1. The van der Waals surface area contributed by atoms with Gasteiger partial charge in [-0.15, -0.1) is 0 Å². The highest BCUT2D eigenvalue weighted by atomic mass is 19.1. The zero-order valence-electron chi connectivity index (χ0n) is 11.1. The van der Waals surface area contributed by atoms with Gasteiger partial charge in [-0.1, -0.05) is 37.3 Å². The summed E-state index contributed by atoms with van der Waals surface area (Å²) in [6.07, 6.45) is 1.59. The topological polar surface area (TPSA) is 38.0 Å². The first-order valence-electron chi connectivity index (χ1n) is 6.57. The van der Waals surface area contributed by atoms with Crippen LogP contribution in [0, 0.1) is 5.82 Å². The summed E-state index contributed by atoms with van der Waals surface area (Å²) in [5.74, 6) is -0.208. The van der Waals surface area contributed by atoms with Crippen molar-refractivity contribution in [2.75, 3.05) is 17.6 Å². The third-order valence-electron chi connectivity index (χ3n) is 3.09. The van der Waals surface area contributed by atoms with E-state index in [-0.39, 0.29) is 5.82 Å². The molecule has 0 aliphatic carbocycles. The van der Waals surface area contributed by atoms with E-state index in [0.29, 0.717) is 12.1 Å². The maximum absolute atomic E-state index is 13.9. The fourth-order valence-electron chi connectivity index (χ4n) is 2.06. The van der Waals surface area contributed by atoms with E-state index in [4.69, 9.17) is 5.73 Å². The molecule has 0 bridgehead atoms. The van der Waals surface area contributed by atoms with Gasteiger partial charge >= 0.3 is 0 Å². The second kappa shape index (κ2) is 6.23. The molecule has 0 spiro atoms. The Morgan fingerprint density at radius 3 is 2.53 bits per heavy atom. The van der Waals surface area contributed by atoms with Crippen LogP contribution in [0.1, 0.15) is 24.5 Å². The van der Waals surface area contributed by atoms with Crippen molar-refractivity contribution in [3.63, 3.8) is 0 Å². The van der Waals surface area contributed by atoms with Gasteiger partial charge in [0.05, 0.1) is 5.69 Å². The second-order valence-electron chi connectivity index (χ2n) is 4.58. The molecular weight excluding hydrogens is 239 g/mol. The molecule has 19 heavy (non-hydrogen) atoms. The van der Waals surface area contributed by atoms with Crippen LogP contribution in [0.4, 0.5) is 15.8 Å². The monoisotopic (exact) mass is 258 g/mol. The van der Waals surface area contributed by atoms with E-state index in [1.807, 2.05) is 30.3 Å². The van der Waals surface area contributed by atoms with Gasteiger partial charge in [-0.05, 0) is 29.7 Å². The van der Waals surface area contributed by atoms with Gasteiger partial charge in [-0.2, -0.15) is 0 Å². The van der Waals surface area contributed by atoms with Gasteiger partial charge in [0.15, 0.2) is 0 Å². The second-order valence-corrected chi connectivity index (χ2v) is 4.58. The third-order valence-corrected chi connectivity index (χ3v) is 3.09. The summed E-state index contributed by atoms with van der Waals surface area (Å²) in [7, 11) is 0. The number of nitrogens with two attached hydrogens (primary N) is 1. The molecule has 2 rings (SSSR count). The first kappa shape index (κ1) is 13.4. The molecule has 2 aromatic carbocycles. The Balaban J connectivity index is 2.29. The summed E-state index contributed by atoms with van der Waals surface area (Å²) >= 11 is 0. The SMILES string of the molecule is CCCNc1c(F)cccc1Cc1ccccc1N. The van der Waals surface area contributed by atoms with Gasteiger partial charge < -0.3 is 11.1 Å². The van der Waals surface area contributed by atoms with Crippen molar-refractivity contribution in [2.24, 2.45) is 0 Å². The van der Waals surface area contributed by atoms with E-state index in [1.54, 1.807) is 6.07 Å². The number of para-hydroxylation sites is 2. The van der Waals surface area contributed by atoms with Gasteiger partial charge in [-0.25, -0.2) is 4.39 Å². The van der Waals surface area contributed by atoms with Gasteiger partial charge in [0, 0.05) is 18.7 Å². The van der Waals surface area contributed by atoms with E-state index in [9.17, 15) is 4.39 Å². The average Bonchev–Trinajstić information content (AvgIpc) is 2.41. The molecule has 0 radical (unpaired) electrons. The Morgan fingerprint density at radius 1 is 1.05 bits per heavy atom. The third kappa shape index (κ3) is 3.25. The van der Waals surface area contributed by atoms with Crippen LogP contribution >= 0.6 is 0 Å². The quantitative estimate of drug-likeness (QED) is 0.800. The minimum Gasteiger partial charge on any atom is -0.398 e.